The summed E-state index contributed by atoms with van der Waals surface area (Å²) in [4.78, 5) is 13.0. The number of halogens is 1. The number of amides is 1. The molecule has 3 nitrogen and oxygen atoms in total. The van der Waals surface area contributed by atoms with Crippen molar-refractivity contribution in [2.24, 2.45) is 4.99 Å². The molecule has 1 rings (SSSR count). The maximum atomic E-state index is 9.89. The van der Waals surface area contributed by atoms with E-state index in [4.69, 9.17) is 0 Å². The number of hydrogen-bond acceptors (Lipinski definition) is 2. The lowest BCUT2D eigenvalue weighted by molar-refractivity contribution is -0.118. The van der Waals surface area contributed by atoms with E-state index in [0.29, 0.717) is 0 Å². The minimum absolute atomic E-state index is 0. The number of carbonyl (C=O) groups excluding carboxylic acids is 1. The van der Waals surface area contributed by atoms with Crippen LogP contribution in [0.3, 0.4) is 0 Å². The van der Waals surface area contributed by atoms with Gasteiger partial charge in [0.1, 0.15) is 5.91 Å². The lowest BCUT2D eigenvalue weighted by Gasteiger charge is -1.87. The molecule has 1 heterocycles. The first kappa shape index (κ1) is 6.07. The summed E-state index contributed by atoms with van der Waals surface area (Å²) in [5.41, 5.74) is 0. The van der Waals surface area contributed by atoms with Crippen LogP contribution in [-0.4, -0.2) is 18.9 Å². The third-order valence-electron chi connectivity index (χ3n) is 0.431. The van der Waals surface area contributed by atoms with Crippen LogP contribution >= 0.6 is 0 Å². The zero-order valence-electron chi connectivity index (χ0n) is 3.38. The predicted molar refractivity (Wildman–Crippen MR) is 20.9 cm³/mol. The SMILES string of the molecule is F.O=C1CO[C-]=N1. The molecule has 0 bridgehead atoms. The van der Waals surface area contributed by atoms with Crippen molar-refractivity contribution < 1.29 is 14.2 Å². The van der Waals surface area contributed by atoms with Gasteiger partial charge in [-0.3, -0.25) is 4.70 Å². The van der Waals surface area contributed by atoms with E-state index in [1.54, 1.807) is 0 Å². The summed E-state index contributed by atoms with van der Waals surface area (Å²) < 4.78 is 4.29. The van der Waals surface area contributed by atoms with Crippen LogP contribution in [0.25, 0.3) is 0 Å². The van der Waals surface area contributed by atoms with Crippen molar-refractivity contribution >= 4 is 12.3 Å². The van der Waals surface area contributed by atoms with E-state index < -0.39 is 0 Å². The molecule has 1 aliphatic heterocycles. The molecule has 0 aliphatic carbocycles. The standard InChI is InChI=1S/C3H2NO2.FH/c5-3-1-6-2-4-3;/h1H2;1H/q-1;. The monoisotopic (exact) mass is 104 g/mol. The third-order valence-corrected chi connectivity index (χ3v) is 0.431. The molecule has 0 saturated carbocycles. The van der Waals surface area contributed by atoms with E-state index in [1.807, 2.05) is 6.40 Å². The van der Waals surface area contributed by atoms with Gasteiger partial charge in [-0.25, -0.2) is 0 Å². The van der Waals surface area contributed by atoms with Crippen LogP contribution in [0.2, 0.25) is 0 Å². The Balaban J connectivity index is 0.000000360. The Bertz CT molecular complexity index is 101. The van der Waals surface area contributed by atoms with E-state index in [2.05, 4.69) is 9.73 Å². The van der Waals surface area contributed by atoms with Gasteiger partial charge in [-0.15, -0.1) is 0 Å². The Labute approximate surface area is 39.4 Å². The average molecular weight is 104 g/mol. The van der Waals surface area contributed by atoms with Crippen LogP contribution in [0.5, 0.6) is 0 Å². The average Bonchev–Trinajstić information content (AvgIpc) is 1.86. The number of carbonyl (C=O) groups is 1. The van der Waals surface area contributed by atoms with Crippen LogP contribution in [0.15, 0.2) is 4.99 Å². The normalized spacial score (nSPS) is 15.7. The van der Waals surface area contributed by atoms with Gasteiger partial charge in [0.15, 0.2) is 0 Å². The van der Waals surface area contributed by atoms with Crippen LogP contribution in [0.1, 0.15) is 0 Å². The number of nitrogens with zero attached hydrogens (tertiary/aromatic N) is 1. The highest BCUT2D eigenvalue weighted by Crippen LogP contribution is 1.83. The van der Waals surface area contributed by atoms with Crippen molar-refractivity contribution in [3.63, 3.8) is 0 Å². The third kappa shape index (κ3) is 1.30. The largest absolute Gasteiger partial charge is 0.581 e. The van der Waals surface area contributed by atoms with E-state index in [9.17, 15) is 4.79 Å². The van der Waals surface area contributed by atoms with Crippen molar-refractivity contribution in [2.75, 3.05) is 6.61 Å². The predicted octanol–water partition coefficient (Wildman–Crippen LogP) is -0.399. The van der Waals surface area contributed by atoms with Gasteiger partial charge in [0, 0.05) is 6.40 Å². The van der Waals surface area contributed by atoms with Crippen LogP contribution < -0.4 is 0 Å². The van der Waals surface area contributed by atoms with Gasteiger partial charge in [-0.05, 0) is 0 Å². The van der Waals surface area contributed by atoms with Crippen LogP contribution in [0.4, 0.5) is 4.70 Å². The van der Waals surface area contributed by atoms with Crippen molar-refractivity contribution in [1.82, 2.24) is 0 Å². The highest BCUT2D eigenvalue weighted by Gasteiger charge is 1.87. The number of aliphatic imine (C=N–C) groups is 1. The van der Waals surface area contributed by atoms with Gasteiger partial charge < -0.3 is 14.5 Å². The highest BCUT2D eigenvalue weighted by molar-refractivity contribution is 5.88. The smallest absolute Gasteiger partial charge is 0.124 e. The Morgan fingerprint density at radius 1 is 1.86 bits per heavy atom. The Morgan fingerprint density at radius 3 is 2.71 bits per heavy atom. The molecule has 0 fully saturated rings. The summed E-state index contributed by atoms with van der Waals surface area (Å²) in [6.45, 7) is 0.0694. The Hall–Kier alpha value is -0.930. The molecule has 0 radical (unpaired) electrons. The van der Waals surface area contributed by atoms with Gasteiger partial charge in [0.05, 0.1) is 6.61 Å². The second kappa shape index (κ2) is 2.28. The summed E-state index contributed by atoms with van der Waals surface area (Å²) in [6, 6.07) is 0. The lowest BCUT2D eigenvalue weighted by atomic mass is 10.7. The fourth-order valence-electron chi connectivity index (χ4n) is 0.209. The zero-order valence-corrected chi connectivity index (χ0v) is 3.38. The van der Waals surface area contributed by atoms with Gasteiger partial charge in [0.2, 0.25) is 0 Å². The van der Waals surface area contributed by atoms with Gasteiger partial charge >= 0.3 is 0 Å². The molecule has 40 valence electrons. The van der Waals surface area contributed by atoms with Gasteiger partial charge in [0.25, 0.3) is 0 Å². The Morgan fingerprint density at radius 2 is 2.57 bits per heavy atom. The number of ether oxygens (including phenoxy) is 1. The molecule has 4 heteroatoms. The second-order valence-corrected chi connectivity index (χ2v) is 0.886. The molecule has 0 saturated heterocycles. The lowest BCUT2D eigenvalue weighted by Crippen LogP contribution is -1.92. The maximum Gasteiger partial charge on any atom is 0.124 e. The first-order valence-electron chi connectivity index (χ1n) is 1.50. The fourth-order valence-corrected chi connectivity index (χ4v) is 0.209. The molecule has 0 spiro atoms. The van der Waals surface area contributed by atoms with Crippen molar-refractivity contribution in [3.05, 3.63) is 0 Å². The van der Waals surface area contributed by atoms with E-state index in [0.717, 1.165) is 0 Å². The first-order valence-corrected chi connectivity index (χ1v) is 1.50. The minimum Gasteiger partial charge on any atom is -0.581 e. The van der Waals surface area contributed by atoms with Crippen LogP contribution in [0, 0.1) is 0 Å². The zero-order chi connectivity index (χ0) is 4.41. The first-order chi connectivity index (χ1) is 2.89. The molecule has 1 amide bonds. The molecule has 0 aromatic rings. The fraction of sp³-hybridized carbons (Fsp3) is 0.333. The molecule has 0 atom stereocenters. The summed E-state index contributed by atoms with van der Waals surface area (Å²) in [7, 11) is 0. The van der Waals surface area contributed by atoms with Crippen molar-refractivity contribution in [2.45, 2.75) is 0 Å². The molecule has 0 aromatic heterocycles. The van der Waals surface area contributed by atoms with Crippen molar-refractivity contribution in [1.29, 1.82) is 0 Å². The van der Waals surface area contributed by atoms with E-state index in [1.165, 1.54) is 0 Å². The van der Waals surface area contributed by atoms with Gasteiger partial charge in [-0.2, -0.15) is 0 Å². The number of hydrogen-bond donors (Lipinski definition) is 0. The van der Waals surface area contributed by atoms with E-state index >= 15 is 0 Å². The number of rotatable bonds is 0. The second-order valence-electron chi connectivity index (χ2n) is 0.886. The summed E-state index contributed by atoms with van der Waals surface area (Å²) >= 11 is 0. The van der Waals surface area contributed by atoms with Crippen LogP contribution in [-0.2, 0) is 9.53 Å². The quantitative estimate of drug-likeness (QED) is 0.392. The summed E-state index contributed by atoms with van der Waals surface area (Å²) in [5.74, 6) is -0.255. The molecular weight excluding hydrogens is 101 g/mol. The molecule has 7 heavy (non-hydrogen) atoms. The van der Waals surface area contributed by atoms with Gasteiger partial charge in [-0.1, -0.05) is 0 Å². The summed E-state index contributed by atoms with van der Waals surface area (Å²) in [5, 5.41) is 0. The van der Waals surface area contributed by atoms with E-state index in [-0.39, 0.29) is 17.2 Å². The topological polar surface area (TPSA) is 38.7 Å². The summed E-state index contributed by atoms with van der Waals surface area (Å²) in [6.07, 6.45) is 2.05. The highest BCUT2D eigenvalue weighted by atomic mass is 19.0. The molecule has 1 aliphatic rings. The van der Waals surface area contributed by atoms with Crippen molar-refractivity contribution in [3.8, 4) is 0 Å². The Kier molecular flexibility index (Phi) is 1.98. The molecule has 0 N–H and O–H groups in total. The molecular formula is C3H3FNO2-. The minimum atomic E-state index is -0.255. The maximum absolute atomic E-state index is 9.89. The molecule has 0 aromatic carbocycles. The molecule has 0 unspecified atom stereocenters.